The molecule has 0 aliphatic rings. The van der Waals surface area contributed by atoms with Crippen LogP contribution in [0.3, 0.4) is 0 Å². The Kier molecular flexibility index (Phi) is 4.08. The molecule has 0 aliphatic heterocycles. The third-order valence-electron chi connectivity index (χ3n) is 3.33. The van der Waals surface area contributed by atoms with Gasteiger partial charge in [0.25, 0.3) is 0 Å². The molecule has 0 N–H and O–H groups in total. The molecule has 7 heteroatoms. The van der Waals surface area contributed by atoms with E-state index in [4.69, 9.17) is 4.52 Å². The Bertz CT molecular complexity index is 840. The number of thiophene rings is 1. The van der Waals surface area contributed by atoms with Gasteiger partial charge < -0.3 is 4.52 Å². The lowest BCUT2D eigenvalue weighted by atomic mass is 10.1. The first-order valence-corrected chi connectivity index (χ1v) is 9.19. The number of aromatic nitrogens is 2. The van der Waals surface area contributed by atoms with Gasteiger partial charge in [0.05, 0.1) is 4.90 Å². The van der Waals surface area contributed by atoms with Crippen LogP contribution in [0.4, 0.5) is 0 Å². The largest absolute Gasteiger partial charge is 0.338 e. The fourth-order valence-electron chi connectivity index (χ4n) is 2.03. The van der Waals surface area contributed by atoms with Gasteiger partial charge in [-0.05, 0) is 23.9 Å². The first kappa shape index (κ1) is 14.9. The Balaban J connectivity index is 1.82. The van der Waals surface area contributed by atoms with E-state index in [1.165, 1.54) is 11.3 Å². The number of rotatable bonds is 5. The highest BCUT2D eigenvalue weighted by atomic mass is 32.2. The highest BCUT2D eigenvalue weighted by molar-refractivity contribution is 7.91. The molecule has 1 atom stereocenters. The second kappa shape index (κ2) is 6.02. The number of hydrogen-bond acceptors (Lipinski definition) is 6. The molecule has 1 aromatic carbocycles. The van der Waals surface area contributed by atoms with Crippen molar-refractivity contribution in [2.75, 3.05) is 0 Å². The van der Waals surface area contributed by atoms with Gasteiger partial charge >= 0.3 is 0 Å². The summed E-state index contributed by atoms with van der Waals surface area (Å²) >= 11 is 1.34. The molecule has 2 heterocycles. The van der Waals surface area contributed by atoms with Crippen molar-refractivity contribution < 1.29 is 12.9 Å². The van der Waals surface area contributed by atoms with Crippen LogP contribution in [0.25, 0.3) is 0 Å². The molecular weight excluding hydrogens is 320 g/mol. The van der Waals surface area contributed by atoms with Gasteiger partial charge in [-0.1, -0.05) is 35.5 Å². The molecule has 0 amide bonds. The van der Waals surface area contributed by atoms with E-state index in [-0.39, 0.29) is 10.8 Å². The van der Waals surface area contributed by atoms with Gasteiger partial charge in [0, 0.05) is 11.8 Å². The number of hydrogen-bond donors (Lipinski definition) is 0. The van der Waals surface area contributed by atoms with Crippen LogP contribution < -0.4 is 0 Å². The van der Waals surface area contributed by atoms with E-state index in [0.29, 0.717) is 12.2 Å². The monoisotopic (exact) mass is 334 g/mol. The summed E-state index contributed by atoms with van der Waals surface area (Å²) in [5.74, 6) is 0.602. The number of benzene rings is 1. The summed E-state index contributed by atoms with van der Waals surface area (Å²) in [6.45, 7) is 1.56. The maximum absolute atomic E-state index is 12.4. The minimum Gasteiger partial charge on any atom is -0.338 e. The van der Waals surface area contributed by atoms with Crippen molar-refractivity contribution >= 4 is 21.2 Å². The SMILES string of the molecule is CC(c1nc(Cc2ccccc2)no1)S(=O)(=O)c1ccsc1. The van der Waals surface area contributed by atoms with E-state index in [1.807, 2.05) is 30.3 Å². The second-order valence-electron chi connectivity index (χ2n) is 4.86. The smallest absolute Gasteiger partial charge is 0.245 e. The first-order valence-electron chi connectivity index (χ1n) is 6.70. The van der Waals surface area contributed by atoms with Crippen molar-refractivity contribution in [3.05, 3.63) is 64.4 Å². The van der Waals surface area contributed by atoms with Crippen LogP contribution in [-0.4, -0.2) is 18.6 Å². The number of sulfone groups is 1. The predicted molar refractivity (Wildman–Crippen MR) is 83.5 cm³/mol. The molecule has 0 radical (unpaired) electrons. The van der Waals surface area contributed by atoms with Gasteiger partial charge in [-0.2, -0.15) is 16.3 Å². The first-order chi connectivity index (χ1) is 10.6. The fraction of sp³-hybridized carbons (Fsp3) is 0.200. The van der Waals surface area contributed by atoms with Crippen LogP contribution in [0.1, 0.15) is 29.5 Å². The lowest BCUT2D eigenvalue weighted by molar-refractivity contribution is 0.372. The number of nitrogens with zero attached hydrogens (tertiary/aromatic N) is 2. The van der Waals surface area contributed by atoms with Crippen LogP contribution in [-0.2, 0) is 16.3 Å². The highest BCUT2D eigenvalue weighted by Crippen LogP contribution is 2.28. The average Bonchev–Trinajstić information content (AvgIpc) is 3.19. The van der Waals surface area contributed by atoms with Crippen LogP contribution in [0.15, 0.2) is 56.6 Å². The molecule has 0 saturated heterocycles. The van der Waals surface area contributed by atoms with Crippen molar-refractivity contribution in [1.82, 2.24) is 10.1 Å². The van der Waals surface area contributed by atoms with Crippen LogP contribution in [0.2, 0.25) is 0 Å². The average molecular weight is 334 g/mol. The summed E-state index contributed by atoms with van der Waals surface area (Å²) in [4.78, 5) is 4.51. The Morgan fingerprint density at radius 1 is 1.23 bits per heavy atom. The molecule has 1 unspecified atom stereocenters. The molecule has 3 aromatic rings. The van der Waals surface area contributed by atoms with Crippen molar-refractivity contribution in [3.63, 3.8) is 0 Å². The van der Waals surface area contributed by atoms with E-state index in [1.54, 1.807) is 23.8 Å². The predicted octanol–water partition coefficient (Wildman–Crippen LogP) is 3.26. The van der Waals surface area contributed by atoms with Gasteiger partial charge in [-0.3, -0.25) is 0 Å². The standard InChI is InChI=1S/C15H14N2O3S2/c1-11(22(18,19)13-7-8-21-10-13)15-16-14(17-20-15)9-12-5-3-2-4-6-12/h2-8,10-11H,9H2,1H3. The van der Waals surface area contributed by atoms with E-state index in [0.717, 1.165) is 5.56 Å². The Labute approximate surface area is 132 Å². The molecule has 3 rings (SSSR count). The zero-order chi connectivity index (χ0) is 15.6. The molecule has 0 spiro atoms. The topological polar surface area (TPSA) is 73.1 Å². The van der Waals surface area contributed by atoms with E-state index in [9.17, 15) is 8.42 Å². The molecule has 5 nitrogen and oxygen atoms in total. The van der Waals surface area contributed by atoms with Gasteiger partial charge in [-0.25, -0.2) is 8.42 Å². The maximum atomic E-state index is 12.4. The van der Waals surface area contributed by atoms with Gasteiger partial charge in [-0.15, -0.1) is 0 Å². The molecule has 0 fully saturated rings. The molecule has 0 bridgehead atoms. The quantitative estimate of drug-likeness (QED) is 0.716. The Hall–Kier alpha value is -1.99. The lowest BCUT2D eigenvalue weighted by Crippen LogP contribution is -2.10. The molecule has 0 saturated carbocycles. The summed E-state index contributed by atoms with van der Waals surface area (Å²) in [7, 11) is -3.49. The third kappa shape index (κ3) is 2.95. The molecule has 2 aromatic heterocycles. The zero-order valence-corrected chi connectivity index (χ0v) is 13.5. The van der Waals surface area contributed by atoms with E-state index >= 15 is 0 Å². The van der Waals surface area contributed by atoms with Gasteiger partial charge in [0.15, 0.2) is 15.7 Å². The molecule has 0 aliphatic carbocycles. The third-order valence-corrected chi connectivity index (χ3v) is 6.20. The zero-order valence-electron chi connectivity index (χ0n) is 11.8. The Morgan fingerprint density at radius 2 is 2.00 bits per heavy atom. The normalized spacial score (nSPS) is 13.1. The summed E-state index contributed by atoms with van der Waals surface area (Å²) < 4.78 is 30.0. The summed E-state index contributed by atoms with van der Waals surface area (Å²) in [6.07, 6.45) is 0.509. The van der Waals surface area contributed by atoms with E-state index in [2.05, 4.69) is 10.1 Å². The molecular formula is C15H14N2O3S2. The second-order valence-corrected chi connectivity index (χ2v) is 7.91. The van der Waals surface area contributed by atoms with Gasteiger partial charge in [0.2, 0.25) is 5.89 Å². The summed E-state index contributed by atoms with van der Waals surface area (Å²) in [5, 5.41) is 6.35. The summed E-state index contributed by atoms with van der Waals surface area (Å²) in [6, 6.07) is 11.3. The van der Waals surface area contributed by atoms with Crippen molar-refractivity contribution in [2.24, 2.45) is 0 Å². The van der Waals surface area contributed by atoms with E-state index < -0.39 is 15.1 Å². The Morgan fingerprint density at radius 3 is 2.68 bits per heavy atom. The maximum Gasteiger partial charge on any atom is 0.245 e. The van der Waals surface area contributed by atoms with Crippen LogP contribution >= 0.6 is 11.3 Å². The minimum atomic E-state index is -3.49. The van der Waals surface area contributed by atoms with Gasteiger partial charge in [0.1, 0.15) is 5.25 Å². The fourth-order valence-corrected chi connectivity index (χ4v) is 4.37. The highest BCUT2D eigenvalue weighted by Gasteiger charge is 2.30. The lowest BCUT2D eigenvalue weighted by Gasteiger charge is -2.06. The molecule has 22 heavy (non-hydrogen) atoms. The summed E-state index contributed by atoms with van der Waals surface area (Å²) in [5.41, 5.74) is 1.04. The minimum absolute atomic E-state index is 0.122. The molecule has 114 valence electrons. The van der Waals surface area contributed by atoms with Crippen molar-refractivity contribution in [1.29, 1.82) is 0 Å². The van der Waals surface area contributed by atoms with Crippen LogP contribution in [0, 0.1) is 0 Å². The van der Waals surface area contributed by atoms with Crippen molar-refractivity contribution in [2.45, 2.75) is 23.5 Å². The van der Waals surface area contributed by atoms with Crippen LogP contribution in [0.5, 0.6) is 0 Å². The van der Waals surface area contributed by atoms with Crippen molar-refractivity contribution in [3.8, 4) is 0 Å².